The van der Waals surface area contributed by atoms with Gasteiger partial charge in [0.15, 0.2) is 5.96 Å². The number of aliphatic imine (C=N–C) groups is 1. The quantitative estimate of drug-likeness (QED) is 0.364. The van der Waals surface area contributed by atoms with Gasteiger partial charge in [-0.3, -0.25) is 4.99 Å². The highest BCUT2D eigenvalue weighted by Gasteiger charge is 2.20. The third kappa shape index (κ3) is 6.03. The fourth-order valence-electron chi connectivity index (χ4n) is 3.77. The molecule has 6 nitrogen and oxygen atoms in total. The molecule has 0 bridgehead atoms. The van der Waals surface area contributed by atoms with E-state index in [-0.39, 0.29) is 12.2 Å². The molecule has 30 heavy (non-hydrogen) atoms. The summed E-state index contributed by atoms with van der Waals surface area (Å²) in [6.07, 6.45) is 4.71. The molecule has 1 heterocycles. The molecule has 0 fully saturated rings. The molecule has 1 N–H and O–H groups in total. The van der Waals surface area contributed by atoms with Crippen molar-refractivity contribution >= 4 is 17.3 Å². The Kier molecular flexibility index (Phi) is 8.66. The van der Waals surface area contributed by atoms with Gasteiger partial charge in [-0.05, 0) is 43.7 Å². The largest absolute Gasteiger partial charge is 0.375 e. The lowest BCUT2D eigenvalue weighted by Crippen LogP contribution is -2.39. The van der Waals surface area contributed by atoms with Crippen LogP contribution in [0.4, 0.5) is 0 Å². The first-order chi connectivity index (χ1) is 14.6. The Hall–Kier alpha value is -1.96. The molecule has 2 atom stereocenters. The number of nitrogens with zero attached hydrogens (tertiary/aromatic N) is 3. The number of guanidine groups is 1. The molecule has 164 valence electrons. The molecular weight excluding hydrogens is 396 g/mol. The summed E-state index contributed by atoms with van der Waals surface area (Å²) < 4.78 is 11.6. The summed E-state index contributed by atoms with van der Waals surface area (Å²) >= 11 is 1.64. The predicted octanol–water partition coefficient (Wildman–Crippen LogP) is 4.34. The number of hydrogen-bond acceptors (Lipinski definition) is 5. The van der Waals surface area contributed by atoms with Gasteiger partial charge in [0.2, 0.25) is 0 Å². The van der Waals surface area contributed by atoms with Gasteiger partial charge in [0, 0.05) is 39.7 Å². The molecule has 0 saturated heterocycles. The van der Waals surface area contributed by atoms with Gasteiger partial charge in [0.1, 0.15) is 11.1 Å². The van der Waals surface area contributed by atoms with Crippen LogP contribution in [-0.4, -0.2) is 50.2 Å². The highest BCUT2D eigenvalue weighted by Crippen LogP contribution is 2.32. The second kappa shape index (κ2) is 11.4. The average Bonchev–Trinajstić information content (AvgIpc) is 3.24. The van der Waals surface area contributed by atoms with Crippen molar-refractivity contribution in [1.29, 1.82) is 0 Å². The highest BCUT2D eigenvalue weighted by atomic mass is 32.1. The molecule has 1 aromatic carbocycles. The van der Waals surface area contributed by atoms with Crippen molar-refractivity contribution in [2.45, 2.75) is 51.4 Å². The van der Waals surface area contributed by atoms with Gasteiger partial charge in [-0.15, -0.1) is 11.3 Å². The Morgan fingerprint density at radius 3 is 3.03 bits per heavy atom. The van der Waals surface area contributed by atoms with Crippen LogP contribution >= 0.6 is 11.3 Å². The van der Waals surface area contributed by atoms with E-state index in [0.717, 1.165) is 42.7 Å². The van der Waals surface area contributed by atoms with E-state index in [4.69, 9.17) is 9.47 Å². The fraction of sp³-hybridized carbons (Fsp3) is 0.565. The molecule has 1 aliphatic rings. The lowest BCUT2D eigenvalue weighted by Gasteiger charge is -2.26. The van der Waals surface area contributed by atoms with Crippen LogP contribution in [0.1, 0.15) is 60.2 Å². The molecule has 1 aliphatic carbocycles. The maximum absolute atomic E-state index is 6.20. The number of fused-ring (bicyclic) bond motifs is 1. The number of methoxy groups -OCH3 is 1. The Labute approximate surface area is 184 Å². The van der Waals surface area contributed by atoms with Crippen LogP contribution in [0.2, 0.25) is 0 Å². The van der Waals surface area contributed by atoms with E-state index in [9.17, 15) is 0 Å². The molecule has 0 amide bonds. The van der Waals surface area contributed by atoms with E-state index in [1.165, 1.54) is 24.0 Å². The highest BCUT2D eigenvalue weighted by molar-refractivity contribution is 7.09. The monoisotopic (exact) mass is 430 g/mol. The molecule has 1 aromatic heterocycles. The third-order valence-corrected chi connectivity index (χ3v) is 6.54. The molecule has 3 rings (SSSR count). The normalized spacial score (nSPS) is 17.5. The summed E-state index contributed by atoms with van der Waals surface area (Å²) in [5, 5.41) is 6.53. The lowest BCUT2D eigenvalue weighted by molar-refractivity contribution is 0.0397. The Morgan fingerprint density at radius 2 is 2.23 bits per heavy atom. The van der Waals surface area contributed by atoms with Gasteiger partial charge in [0.05, 0.1) is 18.3 Å². The van der Waals surface area contributed by atoms with Gasteiger partial charge in [-0.2, -0.15) is 0 Å². The summed E-state index contributed by atoms with van der Waals surface area (Å²) in [5.74, 6) is 0.868. The van der Waals surface area contributed by atoms with E-state index in [1.54, 1.807) is 18.4 Å². The molecule has 7 heteroatoms. The summed E-state index contributed by atoms with van der Waals surface area (Å²) in [7, 11) is 5.55. The number of thiazole rings is 1. The summed E-state index contributed by atoms with van der Waals surface area (Å²) in [6, 6.07) is 8.68. The van der Waals surface area contributed by atoms with E-state index in [0.29, 0.717) is 6.54 Å². The molecule has 2 unspecified atom stereocenters. The fourth-order valence-corrected chi connectivity index (χ4v) is 4.61. The first-order valence-corrected chi connectivity index (χ1v) is 11.6. The lowest BCUT2D eigenvalue weighted by atomic mass is 9.89. The molecule has 0 spiro atoms. The van der Waals surface area contributed by atoms with Crippen LogP contribution in [0, 0.1) is 0 Å². The van der Waals surface area contributed by atoms with Gasteiger partial charge < -0.3 is 19.7 Å². The first kappa shape index (κ1) is 22.7. The molecular formula is C23H34N4O2S. The number of nitrogens with one attached hydrogen (secondary N) is 1. The van der Waals surface area contributed by atoms with Crippen molar-refractivity contribution in [1.82, 2.24) is 15.2 Å². The topological polar surface area (TPSA) is 59.0 Å². The number of aryl methyl sites for hydroxylation is 1. The van der Waals surface area contributed by atoms with Crippen molar-refractivity contribution in [3.63, 3.8) is 0 Å². The van der Waals surface area contributed by atoms with E-state index in [2.05, 4.69) is 49.8 Å². The smallest absolute Gasteiger partial charge is 0.193 e. The van der Waals surface area contributed by atoms with E-state index in [1.807, 2.05) is 21.0 Å². The molecule has 2 aromatic rings. The minimum atomic E-state index is 0.0302. The second-order valence-corrected chi connectivity index (χ2v) is 8.58. The van der Waals surface area contributed by atoms with Gasteiger partial charge in [0.25, 0.3) is 0 Å². The molecule has 0 radical (unpaired) electrons. The maximum Gasteiger partial charge on any atom is 0.193 e. The van der Waals surface area contributed by atoms with Crippen molar-refractivity contribution in [3.05, 3.63) is 51.5 Å². The Balaban J connectivity index is 1.40. The molecule has 0 saturated carbocycles. The standard InChI is InChI=1S/C23H34N4O2S/c1-17(28-4)22-26-19(16-30-22)15-27(3)23(24-2)25-13-8-14-29-21-12-7-10-18-9-5-6-11-20(18)21/h5-6,9,11,16-17,21H,7-8,10,12-15H2,1-4H3,(H,24,25). The van der Waals surface area contributed by atoms with Crippen molar-refractivity contribution < 1.29 is 9.47 Å². The van der Waals surface area contributed by atoms with E-state index >= 15 is 0 Å². The van der Waals surface area contributed by atoms with Crippen molar-refractivity contribution in [3.8, 4) is 0 Å². The Morgan fingerprint density at radius 1 is 1.40 bits per heavy atom. The zero-order chi connectivity index (χ0) is 21.3. The van der Waals surface area contributed by atoms with E-state index < -0.39 is 0 Å². The van der Waals surface area contributed by atoms with Crippen LogP contribution < -0.4 is 5.32 Å². The van der Waals surface area contributed by atoms with Gasteiger partial charge in [-0.25, -0.2) is 4.98 Å². The van der Waals surface area contributed by atoms with Crippen LogP contribution in [0.5, 0.6) is 0 Å². The molecule has 0 aliphatic heterocycles. The number of aromatic nitrogens is 1. The predicted molar refractivity (Wildman–Crippen MR) is 123 cm³/mol. The zero-order valence-corrected chi connectivity index (χ0v) is 19.4. The summed E-state index contributed by atoms with van der Waals surface area (Å²) in [5.41, 5.74) is 3.85. The Bertz CT molecular complexity index is 823. The number of benzene rings is 1. The second-order valence-electron chi connectivity index (χ2n) is 7.69. The van der Waals surface area contributed by atoms with Gasteiger partial charge in [-0.1, -0.05) is 24.3 Å². The summed E-state index contributed by atoms with van der Waals surface area (Å²) in [4.78, 5) is 11.2. The number of hydrogen-bond donors (Lipinski definition) is 1. The first-order valence-electron chi connectivity index (χ1n) is 10.7. The summed E-state index contributed by atoms with van der Waals surface area (Å²) in [6.45, 7) is 4.30. The van der Waals surface area contributed by atoms with Crippen LogP contribution in [0.25, 0.3) is 0 Å². The van der Waals surface area contributed by atoms with Crippen LogP contribution in [0.15, 0.2) is 34.6 Å². The maximum atomic E-state index is 6.20. The van der Waals surface area contributed by atoms with Crippen LogP contribution in [0.3, 0.4) is 0 Å². The van der Waals surface area contributed by atoms with Gasteiger partial charge >= 0.3 is 0 Å². The SMILES string of the molecule is CN=C(NCCCOC1CCCc2ccccc21)N(C)Cc1csc(C(C)OC)n1. The zero-order valence-electron chi connectivity index (χ0n) is 18.6. The van der Waals surface area contributed by atoms with Crippen LogP contribution in [-0.2, 0) is 22.4 Å². The van der Waals surface area contributed by atoms with Crippen molar-refractivity contribution in [2.75, 3.05) is 34.4 Å². The minimum Gasteiger partial charge on any atom is -0.375 e. The average molecular weight is 431 g/mol. The minimum absolute atomic E-state index is 0.0302. The van der Waals surface area contributed by atoms with Crippen molar-refractivity contribution in [2.24, 2.45) is 4.99 Å². The number of ether oxygens (including phenoxy) is 2. The third-order valence-electron chi connectivity index (χ3n) is 5.48. The number of rotatable bonds is 9.